The van der Waals surface area contributed by atoms with E-state index in [0.29, 0.717) is 25.2 Å². The lowest BCUT2D eigenvalue weighted by atomic mass is 9.82. The van der Waals surface area contributed by atoms with E-state index in [9.17, 15) is 19.8 Å². The highest BCUT2D eigenvalue weighted by Crippen LogP contribution is 2.29. The first-order valence-corrected chi connectivity index (χ1v) is 16.4. The fourth-order valence-electron chi connectivity index (χ4n) is 5.37. The molecule has 1 aromatic carbocycles. The molecule has 0 aliphatic heterocycles. The molecule has 5 atom stereocenters. The van der Waals surface area contributed by atoms with Gasteiger partial charge in [-0.05, 0) is 50.8 Å². The molecule has 40 heavy (non-hydrogen) atoms. The summed E-state index contributed by atoms with van der Waals surface area (Å²) in [6.07, 6.45) is 5.71. The normalized spacial score (nSPS) is 18.2. The van der Waals surface area contributed by atoms with Crippen molar-refractivity contribution in [1.82, 2.24) is 15.5 Å². The molecule has 2 amide bonds. The van der Waals surface area contributed by atoms with Crippen LogP contribution in [0.4, 0.5) is 0 Å². The largest absolute Gasteiger partial charge is 0.390 e. The van der Waals surface area contributed by atoms with E-state index in [2.05, 4.69) is 15.5 Å². The van der Waals surface area contributed by atoms with E-state index in [-0.39, 0.29) is 30.2 Å². The minimum Gasteiger partial charge on any atom is -0.390 e. The zero-order valence-corrected chi connectivity index (χ0v) is 26.3. The minimum absolute atomic E-state index is 0.0352. The standard InChI is InChI=1S/C32H55N3O4S/c1-23(2)18-29(36)30(37)28(20-26-14-10-7-11-15-26)34-31(38)24(3)21-33-32(39)27(22-40-17-16-35(4)5)19-25-12-8-6-9-13-25/h6,8-9,12-13,23-24,26-30,36-37H,7,10-11,14-22H2,1-5H3,(H,33,39)(H,34,38)/t24-,27-,28+,29+,30-/m1/s1. The summed E-state index contributed by atoms with van der Waals surface area (Å²) in [4.78, 5) is 28.6. The molecule has 0 heterocycles. The molecule has 0 aromatic heterocycles. The van der Waals surface area contributed by atoms with Gasteiger partial charge in [0.2, 0.25) is 11.8 Å². The highest BCUT2D eigenvalue weighted by molar-refractivity contribution is 7.99. The van der Waals surface area contributed by atoms with E-state index in [1.54, 1.807) is 11.8 Å². The summed E-state index contributed by atoms with van der Waals surface area (Å²) in [5.74, 6) is 1.50. The van der Waals surface area contributed by atoms with Crippen LogP contribution in [0.15, 0.2) is 30.3 Å². The number of nitrogens with zero attached hydrogens (tertiary/aromatic N) is 1. The van der Waals surface area contributed by atoms with Gasteiger partial charge in [0, 0.05) is 24.6 Å². The van der Waals surface area contributed by atoms with Crippen LogP contribution in [0.1, 0.15) is 71.3 Å². The lowest BCUT2D eigenvalue weighted by molar-refractivity contribution is -0.128. The first-order valence-electron chi connectivity index (χ1n) is 15.3. The zero-order valence-electron chi connectivity index (χ0n) is 25.5. The van der Waals surface area contributed by atoms with Crippen LogP contribution < -0.4 is 10.6 Å². The summed E-state index contributed by atoms with van der Waals surface area (Å²) in [5.41, 5.74) is 1.13. The van der Waals surface area contributed by atoms with Gasteiger partial charge in [-0.2, -0.15) is 11.8 Å². The summed E-state index contributed by atoms with van der Waals surface area (Å²) >= 11 is 1.78. The van der Waals surface area contributed by atoms with Gasteiger partial charge in [-0.15, -0.1) is 0 Å². The number of carbonyl (C=O) groups excluding carboxylic acids is 2. The first kappa shape index (κ1) is 34.6. The second-order valence-electron chi connectivity index (χ2n) is 12.5. The SMILES string of the molecule is CC(C)C[C@H](O)[C@H](O)[C@H](CC1CCCCC1)NC(=O)[C@H](C)CNC(=O)[C@@H](CSCCN(C)C)Cc1ccccc1. The summed E-state index contributed by atoms with van der Waals surface area (Å²) in [7, 11) is 4.09. The number of thioether (sulfide) groups is 1. The van der Waals surface area contributed by atoms with Gasteiger partial charge >= 0.3 is 0 Å². The summed E-state index contributed by atoms with van der Waals surface area (Å²) < 4.78 is 0. The van der Waals surface area contributed by atoms with Gasteiger partial charge in [0.1, 0.15) is 6.10 Å². The van der Waals surface area contributed by atoms with Crippen LogP contribution >= 0.6 is 11.8 Å². The highest BCUT2D eigenvalue weighted by Gasteiger charge is 2.32. The molecule has 1 aliphatic rings. The molecule has 4 N–H and O–H groups in total. The topological polar surface area (TPSA) is 102 Å². The predicted molar refractivity (Wildman–Crippen MR) is 166 cm³/mol. The number of rotatable bonds is 18. The molecule has 0 saturated heterocycles. The van der Waals surface area contributed by atoms with Crippen molar-refractivity contribution in [2.24, 2.45) is 23.7 Å². The molecule has 8 heteroatoms. The van der Waals surface area contributed by atoms with Crippen LogP contribution in [0.5, 0.6) is 0 Å². The monoisotopic (exact) mass is 577 g/mol. The molecule has 0 unspecified atom stereocenters. The number of hydrogen-bond acceptors (Lipinski definition) is 6. The first-order chi connectivity index (χ1) is 19.1. The third kappa shape index (κ3) is 13.4. The number of aliphatic hydroxyl groups excluding tert-OH is 2. The second-order valence-corrected chi connectivity index (χ2v) is 13.6. The van der Waals surface area contributed by atoms with E-state index in [0.717, 1.165) is 36.5 Å². The Labute approximate surface area is 247 Å². The Kier molecular flexibility index (Phi) is 16.2. The summed E-state index contributed by atoms with van der Waals surface area (Å²) in [6.45, 7) is 7.03. The number of amides is 2. The van der Waals surface area contributed by atoms with Crippen molar-refractivity contribution >= 4 is 23.6 Å². The Morgan fingerprint density at radius 1 is 1.02 bits per heavy atom. The maximum absolute atomic E-state index is 13.2. The average Bonchev–Trinajstić information content (AvgIpc) is 2.92. The fourth-order valence-corrected chi connectivity index (χ4v) is 6.59. The highest BCUT2D eigenvalue weighted by atomic mass is 32.2. The predicted octanol–water partition coefficient (Wildman–Crippen LogP) is 4.12. The third-order valence-corrected chi connectivity index (χ3v) is 9.00. The van der Waals surface area contributed by atoms with Crippen molar-refractivity contribution in [2.75, 3.05) is 38.7 Å². The molecule has 0 spiro atoms. The molecule has 228 valence electrons. The van der Waals surface area contributed by atoms with Crippen molar-refractivity contribution in [1.29, 1.82) is 0 Å². The maximum atomic E-state index is 13.2. The van der Waals surface area contributed by atoms with Crippen molar-refractivity contribution in [3.63, 3.8) is 0 Å². The van der Waals surface area contributed by atoms with Crippen LogP contribution in [0, 0.1) is 23.7 Å². The van der Waals surface area contributed by atoms with Gasteiger partial charge in [-0.25, -0.2) is 0 Å². The van der Waals surface area contributed by atoms with E-state index in [1.807, 2.05) is 65.2 Å². The lowest BCUT2D eigenvalue weighted by Gasteiger charge is -2.33. The van der Waals surface area contributed by atoms with Gasteiger partial charge in [0.15, 0.2) is 0 Å². The molecule has 1 saturated carbocycles. The van der Waals surface area contributed by atoms with Crippen LogP contribution in [0.25, 0.3) is 0 Å². The number of nitrogens with one attached hydrogen (secondary N) is 2. The van der Waals surface area contributed by atoms with E-state index >= 15 is 0 Å². The van der Waals surface area contributed by atoms with E-state index < -0.39 is 24.2 Å². The quantitative estimate of drug-likeness (QED) is 0.196. The Morgan fingerprint density at radius 3 is 2.33 bits per heavy atom. The minimum atomic E-state index is -1.01. The van der Waals surface area contributed by atoms with Gasteiger partial charge in [-0.1, -0.05) is 83.2 Å². The average molecular weight is 578 g/mol. The molecule has 1 fully saturated rings. The van der Waals surface area contributed by atoms with Crippen LogP contribution in [0.3, 0.4) is 0 Å². The molecule has 0 bridgehead atoms. The summed E-state index contributed by atoms with van der Waals surface area (Å²) in [6, 6.07) is 9.56. The number of hydrogen-bond donors (Lipinski definition) is 4. The Balaban J connectivity index is 1.97. The smallest absolute Gasteiger partial charge is 0.224 e. The Morgan fingerprint density at radius 2 is 1.70 bits per heavy atom. The van der Waals surface area contributed by atoms with Gasteiger partial charge < -0.3 is 25.7 Å². The molecular formula is C32H55N3O4S. The Hall–Kier alpha value is -1.61. The molecular weight excluding hydrogens is 522 g/mol. The third-order valence-electron chi connectivity index (χ3n) is 7.89. The second kappa shape index (κ2) is 18.7. The van der Waals surface area contributed by atoms with Gasteiger partial charge in [0.05, 0.1) is 24.0 Å². The van der Waals surface area contributed by atoms with Gasteiger partial charge in [0.25, 0.3) is 0 Å². The van der Waals surface area contributed by atoms with Crippen LogP contribution in [0.2, 0.25) is 0 Å². The van der Waals surface area contributed by atoms with E-state index in [4.69, 9.17) is 0 Å². The number of aliphatic hydroxyl groups is 2. The molecule has 2 rings (SSSR count). The van der Waals surface area contributed by atoms with Crippen molar-refractivity contribution in [2.45, 2.75) is 90.4 Å². The van der Waals surface area contributed by atoms with E-state index in [1.165, 1.54) is 19.3 Å². The van der Waals surface area contributed by atoms with Crippen molar-refractivity contribution in [3.05, 3.63) is 35.9 Å². The molecule has 7 nitrogen and oxygen atoms in total. The zero-order chi connectivity index (χ0) is 29.5. The van der Waals surface area contributed by atoms with Crippen LogP contribution in [-0.4, -0.2) is 83.9 Å². The molecule has 0 radical (unpaired) electrons. The number of benzene rings is 1. The number of carbonyl (C=O) groups is 2. The molecule has 1 aromatic rings. The summed E-state index contributed by atoms with van der Waals surface area (Å²) in [5, 5.41) is 27.8. The lowest BCUT2D eigenvalue weighted by Crippen LogP contribution is -2.52. The maximum Gasteiger partial charge on any atom is 0.224 e. The fraction of sp³-hybridized carbons (Fsp3) is 0.750. The molecule has 1 aliphatic carbocycles. The van der Waals surface area contributed by atoms with Crippen molar-refractivity contribution in [3.8, 4) is 0 Å². The van der Waals surface area contributed by atoms with Crippen molar-refractivity contribution < 1.29 is 19.8 Å². The van der Waals surface area contributed by atoms with Gasteiger partial charge in [-0.3, -0.25) is 9.59 Å². The Bertz CT molecular complexity index is 848. The van der Waals surface area contributed by atoms with Crippen LogP contribution in [-0.2, 0) is 16.0 Å².